The van der Waals surface area contributed by atoms with E-state index < -0.39 is 0 Å². The average molecular weight is 233 g/mol. The summed E-state index contributed by atoms with van der Waals surface area (Å²) < 4.78 is 0. The van der Waals surface area contributed by atoms with Crippen LogP contribution in [0.4, 0.5) is 0 Å². The van der Waals surface area contributed by atoms with Crippen molar-refractivity contribution in [3.8, 4) is 0 Å². The van der Waals surface area contributed by atoms with Crippen molar-refractivity contribution in [3.05, 3.63) is 45.9 Å². The zero-order chi connectivity index (χ0) is 11.4. The molecule has 84 valence electrons. The van der Waals surface area contributed by atoms with Crippen molar-refractivity contribution < 1.29 is 0 Å². The van der Waals surface area contributed by atoms with E-state index in [2.05, 4.69) is 40.8 Å². The first-order valence-corrected chi connectivity index (χ1v) is 6.25. The predicted molar refractivity (Wildman–Crippen MR) is 66.6 cm³/mol. The molecule has 2 rings (SSSR count). The molecule has 1 N–H and O–H groups in total. The van der Waals surface area contributed by atoms with Gasteiger partial charge in [-0.15, -0.1) is 11.3 Å². The van der Waals surface area contributed by atoms with Gasteiger partial charge >= 0.3 is 0 Å². The molecule has 1 unspecified atom stereocenters. The zero-order valence-electron chi connectivity index (χ0n) is 9.47. The minimum absolute atomic E-state index is 0.228. The van der Waals surface area contributed by atoms with Gasteiger partial charge in [-0.05, 0) is 42.1 Å². The topological polar surface area (TPSA) is 37.8 Å². The number of nitrogens with one attached hydrogen (secondary N) is 1. The van der Waals surface area contributed by atoms with E-state index in [0.717, 1.165) is 6.54 Å². The molecule has 0 radical (unpaired) electrons. The van der Waals surface area contributed by atoms with Crippen LogP contribution in [-0.4, -0.2) is 16.7 Å². The monoisotopic (exact) mass is 233 g/mol. The average Bonchev–Trinajstić information content (AvgIpc) is 2.73. The maximum absolute atomic E-state index is 3.94. The second-order valence-electron chi connectivity index (χ2n) is 3.60. The van der Waals surface area contributed by atoms with Gasteiger partial charge in [0.25, 0.3) is 0 Å². The van der Waals surface area contributed by atoms with Crippen molar-refractivity contribution in [2.24, 2.45) is 0 Å². The quantitative estimate of drug-likeness (QED) is 0.882. The molecule has 1 atom stereocenters. The largest absolute Gasteiger partial charge is 0.306 e. The van der Waals surface area contributed by atoms with E-state index in [-0.39, 0.29) is 6.04 Å². The summed E-state index contributed by atoms with van der Waals surface area (Å²) in [5.41, 5.74) is 2.50. The van der Waals surface area contributed by atoms with Crippen LogP contribution in [0.3, 0.4) is 0 Å². The number of aromatic nitrogens is 2. The van der Waals surface area contributed by atoms with Crippen molar-refractivity contribution in [2.75, 3.05) is 6.54 Å². The van der Waals surface area contributed by atoms with Crippen LogP contribution >= 0.6 is 11.3 Å². The second-order valence-corrected chi connectivity index (χ2v) is 4.72. The molecular formula is C12H15N3S. The van der Waals surface area contributed by atoms with E-state index in [0.29, 0.717) is 0 Å². The Morgan fingerprint density at radius 3 is 2.81 bits per heavy atom. The van der Waals surface area contributed by atoms with Crippen LogP contribution in [0.15, 0.2) is 29.9 Å². The van der Waals surface area contributed by atoms with Gasteiger partial charge in [-0.1, -0.05) is 6.92 Å². The van der Waals surface area contributed by atoms with Crippen molar-refractivity contribution >= 4 is 11.3 Å². The van der Waals surface area contributed by atoms with Gasteiger partial charge < -0.3 is 5.32 Å². The highest BCUT2D eigenvalue weighted by molar-refractivity contribution is 7.10. The summed E-state index contributed by atoms with van der Waals surface area (Å²) in [5.74, 6) is 0. The maximum atomic E-state index is 3.94. The fraction of sp³-hybridized carbons (Fsp3) is 0.333. The van der Waals surface area contributed by atoms with Gasteiger partial charge in [0.05, 0.1) is 12.2 Å². The SMILES string of the molecule is CCNC(c1ccnnc1)c1ccsc1C. The standard InChI is InChI=1S/C12H15N3S/c1-3-13-12(10-4-6-14-15-8-10)11-5-7-16-9(11)2/h4-8,12-13H,3H2,1-2H3. The molecule has 0 fully saturated rings. The lowest BCUT2D eigenvalue weighted by molar-refractivity contribution is 0.626. The Bertz CT molecular complexity index is 439. The number of nitrogens with zero attached hydrogens (tertiary/aromatic N) is 2. The Hall–Kier alpha value is -1.26. The van der Waals surface area contributed by atoms with Gasteiger partial charge in [-0.3, -0.25) is 0 Å². The van der Waals surface area contributed by atoms with Crippen LogP contribution < -0.4 is 5.32 Å². The van der Waals surface area contributed by atoms with Crippen LogP contribution in [0.5, 0.6) is 0 Å². The third-order valence-corrected chi connectivity index (χ3v) is 3.42. The number of thiophene rings is 1. The van der Waals surface area contributed by atoms with Gasteiger partial charge in [0, 0.05) is 11.1 Å². The predicted octanol–water partition coefficient (Wildman–Crippen LogP) is 2.55. The summed E-state index contributed by atoms with van der Waals surface area (Å²) in [5, 5.41) is 13.4. The number of aryl methyl sites for hydroxylation is 1. The van der Waals surface area contributed by atoms with Crippen LogP contribution in [0.1, 0.15) is 29.0 Å². The molecule has 0 aliphatic heterocycles. The van der Waals surface area contributed by atoms with Crippen LogP contribution in [-0.2, 0) is 0 Å². The Morgan fingerprint density at radius 2 is 2.25 bits per heavy atom. The molecule has 16 heavy (non-hydrogen) atoms. The normalized spacial score (nSPS) is 12.6. The van der Waals surface area contributed by atoms with Crippen LogP contribution in [0.2, 0.25) is 0 Å². The summed E-state index contributed by atoms with van der Waals surface area (Å²) >= 11 is 1.78. The Kier molecular flexibility index (Phi) is 3.64. The highest BCUT2D eigenvalue weighted by Crippen LogP contribution is 2.27. The van der Waals surface area contributed by atoms with E-state index in [1.807, 2.05) is 12.3 Å². The van der Waals surface area contributed by atoms with Crippen molar-refractivity contribution in [1.29, 1.82) is 0 Å². The van der Waals surface area contributed by atoms with Crippen LogP contribution in [0.25, 0.3) is 0 Å². The van der Waals surface area contributed by atoms with E-state index >= 15 is 0 Å². The molecule has 0 saturated heterocycles. The smallest absolute Gasteiger partial charge is 0.0603 e. The first-order valence-electron chi connectivity index (χ1n) is 5.37. The minimum Gasteiger partial charge on any atom is -0.306 e. The van der Waals surface area contributed by atoms with Crippen molar-refractivity contribution in [2.45, 2.75) is 19.9 Å². The summed E-state index contributed by atoms with van der Waals surface area (Å²) in [6, 6.07) is 4.41. The highest BCUT2D eigenvalue weighted by atomic mass is 32.1. The van der Waals surface area contributed by atoms with Gasteiger partial charge in [-0.25, -0.2) is 0 Å². The Morgan fingerprint density at radius 1 is 1.38 bits per heavy atom. The Balaban J connectivity index is 2.35. The van der Waals surface area contributed by atoms with E-state index in [9.17, 15) is 0 Å². The van der Waals surface area contributed by atoms with Gasteiger partial charge in [0.2, 0.25) is 0 Å². The summed E-state index contributed by atoms with van der Waals surface area (Å²) in [6.07, 6.45) is 3.56. The summed E-state index contributed by atoms with van der Waals surface area (Å²) in [6.45, 7) is 5.20. The van der Waals surface area contributed by atoms with E-state index in [4.69, 9.17) is 0 Å². The van der Waals surface area contributed by atoms with Gasteiger partial charge in [-0.2, -0.15) is 10.2 Å². The van der Waals surface area contributed by atoms with E-state index in [1.54, 1.807) is 17.5 Å². The zero-order valence-corrected chi connectivity index (χ0v) is 10.3. The number of hydrogen-bond donors (Lipinski definition) is 1. The minimum atomic E-state index is 0.228. The van der Waals surface area contributed by atoms with E-state index in [1.165, 1.54) is 16.0 Å². The maximum Gasteiger partial charge on any atom is 0.0603 e. The lowest BCUT2D eigenvalue weighted by Gasteiger charge is -2.17. The molecule has 4 heteroatoms. The molecule has 3 nitrogen and oxygen atoms in total. The summed E-state index contributed by atoms with van der Waals surface area (Å²) in [7, 11) is 0. The van der Waals surface area contributed by atoms with Gasteiger partial charge in [0.1, 0.15) is 0 Å². The van der Waals surface area contributed by atoms with Crippen LogP contribution in [0, 0.1) is 6.92 Å². The lowest BCUT2D eigenvalue weighted by atomic mass is 10.0. The number of rotatable bonds is 4. The molecule has 0 aliphatic rings. The molecule has 0 amide bonds. The molecule has 0 saturated carbocycles. The molecule has 0 spiro atoms. The molecule has 2 heterocycles. The molecule has 2 aromatic rings. The molecule has 0 aromatic carbocycles. The fourth-order valence-corrected chi connectivity index (χ4v) is 2.52. The Labute approximate surface area is 99.5 Å². The van der Waals surface area contributed by atoms with Crippen molar-refractivity contribution in [3.63, 3.8) is 0 Å². The fourth-order valence-electron chi connectivity index (χ4n) is 1.78. The first-order chi connectivity index (χ1) is 7.83. The third-order valence-electron chi connectivity index (χ3n) is 2.56. The third kappa shape index (κ3) is 2.28. The van der Waals surface area contributed by atoms with Crippen molar-refractivity contribution in [1.82, 2.24) is 15.5 Å². The summed E-state index contributed by atoms with van der Waals surface area (Å²) in [4.78, 5) is 1.35. The highest BCUT2D eigenvalue weighted by Gasteiger charge is 2.15. The molecule has 2 aromatic heterocycles. The lowest BCUT2D eigenvalue weighted by Crippen LogP contribution is -2.22. The first kappa shape index (κ1) is 11.2. The molecular weight excluding hydrogens is 218 g/mol. The second kappa shape index (κ2) is 5.18. The number of hydrogen-bond acceptors (Lipinski definition) is 4. The van der Waals surface area contributed by atoms with Gasteiger partial charge in [0.15, 0.2) is 0 Å². The molecule has 0 bridgehead atoms. The molecule has 0 aliphatic carbocycles.